The summed E-state index contributed by atoms with van der Waals surface area (Å²) < 4.78 is 11.5. The topological polar surface area (TPSA) is 113 Å². The molecule has 2 rings (SSSR count). The van der Waals surface area contributed by atoms with Gasteiger partial charge in [-0.3, -0.25) is 9.59 Å². The molecule has 0 heterocycles. The van der Waals surface area contributed by atoms with Gasteiger partial charge in [-0.25, -0.2) is 0 Å². The van der Waals surface area contributed by atoms with Gasteiger partial charge in [-0.05, 0) is 56.5 Å². The third kappa shape index (κ3) is 6.99. The number of aromatic hydroxyl groups is 1. The maximum absolute atomic E-state index is 11.6. The minimum Gasteiger partial charge on any atom is -0.507 e. The molecule has 3 N–H and O–H groups in total. The van der Waals surface area contributed by atoms with E-state index >= 15 is 0 Å². The van der Waals surface area contributed by atoms with E-state index in [1.807, 2.05) is 6.92 Å². The Balaban J connectivity index is 1.82. The molecule has 0 aromatic heterocycles. The molecule has 0 saturated carbocycles. The van der Waals surface area contributed by atoms with Crippen LogP contribution in [-0.4, -0.2) is 46.4 Å². The van der Waals surface area contributed by atoms with E-state index in [1.54, 1.807) is 36.4 Å². The van der Waals surface area contributed by atoms with E-state index in [1.165, 1.54) is 13.8 Å². The van der Waals surface area contributed by atoms with Gasteiger partial charge in [0.05, 0.1) is 30.8 Å². The predicted molar refractivity (Wildman–Crippen MR) is 121 cm³/mol. The summed E-state index contributed by atoms with van der Waals surface area (Å²) in [6.07, 6.45) is 1.37. The molecule has 0 spiro atoms. The second-order valence-corrected chi connectivity index (χ2v) is 7.84. The summed E-state index contributed by atoms with van der Waals surface area (Å²) in [6.45, 7) is 5.73. The molecule has 0 aliphatic rings. The van der Waals surface area contributed by atoms with Gasteiger partial charge in [0.25, 0.3) is 0 Å². The lowest BCUT2D eigenvalue weighted by atomic mass is 9.98. The van der Waals surface area contributed by atoms with Gasteiger partial charge in [0.2, 0.25) is 0 Å². The van der Waals surface area contributed by atoms with Crippen LogP contribution in [0, 0.1) is 5.92 Å². The summed E-state index contributed by atoms with van der Waals surface area (Å²) in [4.78, 5) is 22.6. The second-order valence-electron chi connectivity index (χ2n) is 7.84. The summed E-state index contributed by atoms with van der Waals surface area (Å²) in [7, 11) is 0. The minimum absolute atomic E-state index is 0.00365. The van der Waals surface area contributed by atoms with Crippen molar-refractivity contribution in [2.24, 2.45) is 5.92 Å². The second kappa shape index (κ2) is 12.1. The zero-order valence-electron chi connectivity index (χ0n) is 18.8. The van der Waals surface area contributed by atoms with Crippen LogP contribution in [0.4, 0.5) is 0 Å². The number of phenolic OH excluding ortho intramolecular Hbond substituents is 1. The van der Waals surface area contributed by atoms with Crippen molar-refractivity contribution >= 4 is 11.8 Å². The maximum atomic E-state index is 11.6. The highest BCUT2D eigenvalue weighted by Gasteiger charge is 2.21. The third-order valence-electron chi connectivity index (χ3n) is 5.27. The lowest BCUT2D eigenvalue weighted by molar-refractivity contribution is -0.144. The molecule has 0 radical (unpaired) electrons. The Morgan fingerprint density at radius 2 is 1.69 bits per heavy atom. The third-order valence-corrected chi connectivity index (χ3v) is 5.27. The number of carboxylic acid groups (broad SMARTS) is 1. The number of rotatable bonds is 13. The highest BCUT2D eigenvalue weighted by atomic mass is 16.5. The molecule has 174 valence electrons. The normalized spacial score (nSPS) is 12.8. The standard InChI is InChI=1S/C25H32O7/c1-4-6-21-23(12-11-20(17(3)26)24(21)28)32-14-5-13-31-19-9-7-18(8-10-19)15-22(27)16(2)25(29)30/h7-12,16,22,27-28H,4-6,13-15H2,1-3H3,(H,29,30). The maximum Gasteiger partial charge on any atom is 0.308 e. The number of carbonyl (C=O) groups excluding carboxylic acids is 1. The summed E-state index contributed by atoms with van der Waals surface area (Å²) in [5.74, 6) is -0.791. The largest absolute Gasteiger partial charge is 0.507 e. The molecule has 2 aromatic carbocycles. The fourth-order valence-electron chi connectivity index (χ4n) is 3.26. The van der Waals surface area contributed by atoms with Gasteiger partial charge in [-0.15, -0.1) is 0 Å². The molecule has 2 atom stereocenters. The summed E-state index contributed by atoms with van der Waals surface area (Å²) in [5.41, 5.74) is 1.78. The highest BCUT2D eigenvalue weighted by Crippen LogP contribution is 2.33. The Bertz CT molecular complexity index is 905. The van der Waals surface area contributed by atoms with E-state index in [0.29, 0.717) is 48.7 Å². The first-order valence-corrected chi connectivity index (χ1v) is 10.9. The first-order chi connectivity index (χ1) is 15.2. The van der Waals surface area contributed by atoms with Crippen LogP contribution in [0.15, 0.2) is 36.4 Å². The molecule has 32 heavy (non-hydrogen) atoms. The van der Waals surface area contributed by atoms with E-state index in [9.17, 15) is 19.8 Å². The van der Waals surface area contributed by atoms with Crippen molar-refractivity contribution in [2.75, 3.05) is 13.2 Å². The van der Waals surface area contributed by atoms with Crippen molar-refractivity contribution in [1.82, 2.24) is 0 Å². The lowest BCUT2D eigenvalue weighted by Gasteiger charge is -2.15. The van der Waals surface area contributed by atoms with Gasteiger partial charge < -0.3 is 24.8 Å². The van der Waals surface area contributed by atoms with Gasteiger partial charge in [-0.1, -0.05) is 25.5 Å². The number of aliphatic hydroxyl groups is 1. The molecule has 0 amide bonds. The molecule has 7 nitrogen and oxygen atoms in total. The molecule has 0 aliphatic carbocycles. The van der Waals surface area contributed by atoms with Gasteiger partial charge in [0, 0.05) is 12.0 Å². The molecule has 0 aliphatic heterocycles. The van der Waals surface area contributed by atoms with E-state index in [0.717, 1.165) is 12.0 Å². The Kier molecular flexibility index (Phi) is 9.53. The first-order valence-electron chi connectivity index (χ1n) is 10.9. The number of aliphatic hydroxyl groups excluding tert-OH is 1. The Hall–Kier alpha value is -3.06. The molecule has 2 unspecified atom stereocenters. The Morgan fingerprint density at radius 1 is 1.03 bits per heavy atom. The molecule has 0 bridgehead atoms. The van der Waals surface area contributed by atoms with Crippen molar-refractivity contribution in [1.29, 1.82) is 0 Å². The minimum atomic E-state index is -1.02. The fraction of sp³-hybridized carbons (Fsp3) is 0.440. The van der Waals surface area contributed by atoms with Crippen LogP contribution < -0.4 is 9.47 Å². The van der Waals surface area contributed by atoms with Crippen LogP contribution in [0.3, 0.4) is 0 Å². The van der Waals surface area contributed by atoms with Crippen molar-refractivity contribution in [3.05, 3.63) is 53.1 Å². The van der Waals surface area contributed by atoms with Crippen LogP contribution >= 0.6 is 0 Å². The first kappa shape index (κ1) is 25.2. The monoisotopic (exact) mass is 444 g/mol. The number of carbonyl (C=O) groups is 2. The number of benzene rings is 2. The molecular weight excluding hydrogens is 412 g/mol. The zero-order chi connectivity index (χ0) is 23.7. The number of ketones is 1. The van der Waals surface area contributed by atoms with Crippen molar-refractivity contribution in [3.8, 4) is 17.2 Å². The average molecular weight is 445 g/mol. The van der Waals surface area contributed by atoms with Gasteiger partial charge in [0.15, 0.2) is 5.78 Å². The molecule has 2 aromatic rings. The van der Waals surface area contributed by atoms with E-state index in [-0.39, 0.29) is 18.0 Å². The van der Waals surface area contributed by atoms with Gasteiger partial charge >= 0.3 is 5.97 Å². The average Bonchev–Trinajstić information content (AvgIpc) is 2.75. The van der Waals surface area contributed by atoms with Crippen molar-refractivity contribution in [2.45, 2.75) is 52.6 Å². The van der Waals surface area contributed by atoms with Crippen LogP contribution in [0.2, 0.25) is 0 Å². The predicted octanol–water partition coefficient (Wildman–Crippen LogP) is 4.02. The molecule has 0 saturated heterocycles. The van der Waals surface area contributed by atoms with Crippen molar-refractivity contribution < 1.29 is 34.4 Å². The van der Waals surface area contributed by atoms with Gasteiger partial charge in [0.1, 0.15) is 17.2 Å². The molecular formula is C25H32O7. The Morgan fingerprint density at radius 3 is 2.28 bits per heavy atom. The van der Waals surface area contributed by atoms with Gasteiger partial charge in [-0.2, -0.15) is 0 Å². The Labute approximate surface area is 188 Å². The van der Waals surface area contributed by atoms with E-state index in [4.69, 9.17) is 14.6 Å². The SMILES string of the molecule is CCCc1c(OCCCOc2ccc(CC(O)C(C)C(=O)O)cc2)ccc(C(C)=O)c1O. The summed E-state index contributed by atoms with van der Waals surface area (Å²) in [5, 5.41) is 29.3. The number of hydrogen-bond acceptors (Lipinski definition) is 6. The quantitative estimate of drug-likeness (QED) is 0.316. The van der Waals surface area contributed by atoms with Crippen LogP contribution in [0.25, 0.3) is 0 Å². The number of aliphatic carboxylic acids is 1. The van der Waals surface area contributed by atoms with Crippen molar-refractivity contribution in [3.63, 3.8) is 0 Å². The summed E-state index contributed by atoms with van der Waals surface area (Å²) in [6, 6.07) is 10.5. The molecule has 7 heteroatoms. The fourth-order valence-corrected chi connectivity index (χ4v) is 3.26. The highest BCUT2D eigenvalue weighted by molar-refractivity contribution is 5.97. The number of phenols is 1. The number of Topliss-reactive ketones (excluding diaryl/α,β-unsaturated/α-hetero) is 1. The van der Waals surface area contributed by atoms with Crippen LogP contribution in [0.1, 0.15) is 55.1 Å². The van der Waals surface area contributed by atoms with E-state index < -0.39 is 18.0 Å². The smallest absolute Gasteiger partial charge is 0.308 e. The molecule has 0 fully saturated rings. The number of hydrogen-bond donors (Lipinski definition) is 3. The van der Waals surface area contributed by atoms with E-state index in [2.05, 4.69) is 0 Å². The summed E-state index contributed by atoms with van der Waals surface area (Å²) >= 11 is 0. The van der Waals surface area contributed by atoms with Crippen LogP contribution in [-0.2, 0) is 17.6 Å². The number of ether oxygens (including phenoxy) is 2. The zero-order valence-corrected chi connectivity index (χ0v) is 18.8. The van der Waals surface area contributed by atoms with Crippen LogP contribution in [0.5, 0.6) is 17.2 Å². The lowest BCUT2D eigenvalue weighted by Crippen LogP contribution is -2.27. The number of carboxylic acids is 1.